The Morgan fingerprint density at radius 1 is 1.45 bits per heavy atom. The minimum Gasteiger partial charge on any atom is -0.353 e. The molecule has 6 heteroatoms. The van der Waals surface area contributed by atoms with Crippen molar-refractivity contribution in [1.29, 1.82) is 0 Å². The Morgan fingerprint density at radius 3 is 3.10 bits per heavy atom. The van der Waals surface area contributed by atoms with Crippen molar-refractivity contribution in [3.8, 4) is 0 Å². The standard InChI is InChI=1S/C14H19N3O2S/c18-13-9-17(7-5-15-13)14(19)10-16-6-1-3-11(16)12-4-2-8-20-12/h2,4,8,11H,1,3,5-7,9-10H2,(H,15,18)/t11-/m0/s1. The molecule has 0 bridgehead atoms. The van der Waals surface area contributed by atoms with E-state index in [2.05, 4.69) is 27.7 Å². The van der Waals surface area contributed by atoms with E-state index in [1.807, 2.05) is 0 Å². The summed E-state index contributed by atoms with van der Waals surface area (Å²) in [6.07, 6.45) is 2.25. The zero-order valence-electron chi connectivity index (χ0n) is 11.4. The molecule has 2 aliphatic rings. The predicted molar refractivity (Wildman–Crippen MR) is 77.5 cm³/mol. The summed E-state index contributed by atoms with van der Waals surface area (Å²) in [4.78, 5) is 28.9. The van der Waals surface area contributed by atoms with E-state index in [4.69, 9.17) is 0 Å². The topological polar surface area (TPSA) is 52.7 Å². The Labute approximate surface area is 122 Å². The van der Waals surface area contributed by atoms with Crippen LogP contribution in [-0.2, 0) is 9.59 Å². The van der Waals surface area contributed by atoms with Crippen LogP contribution in [0.3, 0.4) is 0 Å². The number of carbonyl (C=O) groups is 2. The van der Waals surface area contributed by atoms with Crippen LogP contribution in [0.15, 0.2) is 17.5 Å². The first-order chi connectivity index (χ1) is 9.74. The molecule has 108 valence electrons. The van der Waals surface area contributed by atoms with Gasteiger partial charge in [-0.3, -0.25) is 14.5 Å². The zero-order chi connectivity index (χ0) is 13.9. The Hall–Kier alpha value is -1.40. The smallest absolute Gasteiger partial charge is 0.239 e. The lowest BCUT2D eigenvalue weighted by Gasteiger charge is -2.30. The summed E-state index contributed by atoms with van der Waals surface area (Å²) in [5.74, 6) is 0.0177. The average molecular weight is 293 g/mol. The first-order valence-corrected chi connectivity index (χ1v) is 7.94. The fraction of sp³-hybridized carbons (Fsp3) is 0.571. The number of nitrogens with one attached hydrogen (secondary N) is 1. The van der Waals surface area contributed by atoms with Crippen molar-refractivity contribution in [3.05, 3.63) is 22.4 Å². The van der Waals surface area contributed by atoms with Crippen LogP contribution >= 0.6 is 11.3 Å². The lowest BCUT2D eigenvalue weighted by atomic mass is 10.2. The molecule has 2 saturated heterocycles. The van der Waals surface area contributed by atoms with Gasteiger partial charge in [0, 0.05) is 24.0 Å². The molecule has 1 aromatic rings. The molecule has 0 aliphatic carbocycles. The number of thiophene rings is 1. The van der Waals surface area contributed by atoms with Crippen molar-refractivity contribution in [3.63, 3.8) is 0 Å². The minimum atomic E-state index is -0.0548. The number of nitrogens with zero attached hydrogens (tertiary/aromatic N) is 2. The largest absolute Gasteiger partial charge is 0.353 e. The Balaban J connectivity index is 1.61. The van der Waals surface area contributed by atoms with Gasteiger partial charge in [0.05, 0.1) is 13.1 Å². The van der Waals surface area contributed by atoms with Gasteiger partial charge in [0.1, 0.15) is 0 Å². The molecule has 0 radical (unpaired) electrons. The van der Waals surface area contributed by atoms with Gasteiger partial charge in [-0.05, 0) is 30.8 Å². The molecule has 2 fully saturated rings. The number of hydrogen-bond acceptors (Lipinski definition) is 4. The monoisotopic (exact) mass is 293 g/mol. The van der Waals surface area contributed by atoms with Gasteiger partial charge in [0.15, 0.2) is 0 Å². The lowest BCUT2D eigenvalue weighted by molar-refractivity contribution is -0.139. The van der Waals surface area contributed by atoms with Gasteiger partial charge in [-0.2, -0.15) is 0 Å². The van der Waals surface area contributed by atoms with Gasteiger partial charge in [0.2, 0.25) is 11.8 Å². The molecule has 0 saturated carbocycles. The highest BCUT2D eigenvalue weighted by Crippen LogP contribution is 2.34. The highest BCUT2D eigenvalue weighted by Gasteiger charge is 2.30. The van der Waals surface area contributed by atoms with Crippen LogP contribution in [0.4, 0.5) is 0 Å². The summed E-state index contributed by atoms with van der Waals surface area (Å²) in [7, 11) is 0. The Bertz CT molecular complexity index is 489. The highest BCUT2D eigenvalue weighted by molar-refractivity contribution is 7.10. The third-order valence-electron chi connectivity index (χ3n) is 3.96. The molecule has 1 atom stereocenters. The van der Waals surface area contributed by atoms with Gasteiger partial charge < -0.3 is 10.2 Å². The highest BCUT2D eigenvalue weighted by atomic mass is 32.1. The van der Waals surface area contributed by atoms with Gasteiger partial charge in [0.25, 0.3) is 0 Å². The van der Waals surface area contributed by atoms with Crippen LogP contribution in [0.25, 0.3) is 0 Å². The molecule has 1 aromatic heterocycles. The van der Waals surface area contributed by atoms with E-state index in [9.17, 15) is 9.59 Å². The average Bonchev–Trinajstić information content (AvgIpc) is 3.08. The van der Waals surface area contributed by atoms with Crippen molar-refractivity contribution in [2.45, 2.75) is 18.9 Å². The Kier molecular flexibility index (Phi) is 4.03. The van der Waals surface area contributed by atoms with Crippen LogP contribution in [0, 0.1) is 0 Å². The molecule has 0 aromatic carbocycles. The SMILES string of the molecule is O=C1CN(C(=O)CN2CCC[C@H]2c2cccs2)CCN1. The molecule has 5 nitrogen and oxygen atoms in total. The third kappa shape index (κ3) is 2.86. The number of carbonyl (C=O) groups excluding carboxylic acids is 2. The fourth-order valence-corrected chi connectivity index (χ4v) is 3.84. The van der Waals surface area contributed by atoms with Crippen molar-refractivity contribution in [2.24, 2.45) is 0 Å². The van der Waals surface area contributed by atoms with E-state index in [-0.39, 0.29) is 18.4 Å². The molecule has 2 amide bonds. The van der Waals surface area contributed by atoms with Gasteiger partial charge in [-0.15, -0.1) is 11.3 Å². The second-order valence-corrected chi connectivity index (χ2v) is 6.29. The van der Waals surface area contributed by atoms with E-state index in [0.29, 0.717) is 25.7 Å². The minimum absolute atomic E-state index is 0.0548. The second-order valence-electron chi connectivity index (χ2n) is 5.31. The first kappa shape index (κ1) is 13.6. The van der Waals surface area contributed by atoms with Crippen LogP contribution < -0.4 is 5.32 Å². The maximum absolute atomic E-state index is 12.3. The molecule has 3 heterocycles. The molecule has 3 rings (SSSR count). The summed E-state index contributed by atoms with van der Waals surface area (Å²) in [5.41, 5.74) is 0. The molecular weight excluding hydrogens is 274 g/mol. The zero-order valence-corrected chi connectivity index (χ0v) is 12.2. The quantitative estimate of drug-likeness (QED) is 0.898. The van der Waals surface area contributed by atoms with Crippen LogP contribution in [-0.4, -0.2) is 54.3 Å². The normalized spacial score (nSPS) is 23.9. The number of hydrogen-bond donors (Lipinski definition) is 1. The molecule has 0 unspecified atom stereocenters. The van der Waals surface area contributed by atoms with Gasteiger partial charge in [-0.25, -0.2) is 0 Å². The number of likely N-dealkylation sites (tertiary alicyclic amines) is 1. The van der Waals surface area contributed by atoms with Crippen molar-refractivity contribution >= 4 is 23.2 Å². The Morgan fingerprint density at radius 2 is 2.35 bits per heavy atom. The van der Waals surface area contributed by atoms with E-state index >= 15 is 0 Å². The van der Waals surface area contributed by atoms with Crippen molar-refractivity contribution in [1.82, 2.24) is 15.1 Å². The van der Waals surface area contributed by atoms with E-state index in [1.54, 1.807) is 16.2 Å². The van der Waals surface area contributed by atoms with E-state index in [1.165, 1.54) is 4.88 Å². The number of amides is 2. The maximum atomic E-state index is 12.3. The summed E-state index contributed by atoms with van der Waals surface area (Å²) >= 11 is 1.76. The maximum Gasteiger partial charge on any atom is 0.239 e. The first-order valence-electron chi connectivity index (χ1n) is 7.06. The third-order valence-corrected chi connectivity index (χ3v) is 4.94. The number of rotatable bonds is 3. The summed E-state index contributed by atoms with van der Waals surface area (Å²) < 4.78 is 0. The molecule has 20 heavy (non-hydrogen) atoms. The second kappa shape index (κ2) is 5.93. The summed E-state index contributed by atoms with van der Waals surface area (Å²) in [6, 6.07) is 4.58. The van der Waals surface area contributed by atoms with Crippen LogP contribution in [0.2, 0.25) is 0 Å². The van der Waals surface area contributed by atoms with Crippen molar-refractivity contribution < 1.29 is 9.59 Å². The summed E-state index contributed by atoms with van der Waals surface area (Å²) in [5, 5.41) is 4.83. The molecule has 0 spiro atoms. The molecule has 1 N–H and O–H groups in total. The molecular formula is C14H19N3O2S. The van der Waals surface area contributed by atoms with Gasteiger partial charge >= 0.3 is 0 Å². The van der Waals surface area contributed by atoms with E-state index < -0.39 is 0 Å². The summed E-state index contributed by atoms with van der Waals surface area (Å²) in [6.45, 7) is 2.79. The van der Waals surface area contributed by atoms with Gasteiger partial charge in [-0.1, -0.05) is 6.07 Å². The predicted octanol–water partition coefficient (Wildman–Crippen LogP) is 0.843. The fourth-order valence-electron chi connectivity index (χ4n) is 2.94. The van der Waals surface area contributed by atoms with Crippen molar-refractivity contribution in [2.75, 3.05) is 32.7 Å². The van der Waals surface area contributed by atoms with E-state index in [0.717, 1.165) is 19.4 Å². The van der Waals surface area contributed by atoms with Crippen LogP contribution in [0.1, 0.15) is 23.8 Å². The number of piperazine rings is 1. The lowest BCUT2D eigenvalue weighted by Crippen LogP contribution is -2.52. The van der Waals surface area contributed by atoms with Crippen LogP contribution in [0.5, 0.6) is 0 Å². The molecule has 2 aliphatic heterocycles.